The molecule has 0 aromatic carbocycles. The van der Waals surface area contributed by atoms with Crippen molar-refractivity contribution in [3.8, 4) is 0 Å². The minimum atomic E-state index is 0.0569. The van der Waals surface area contributed by atoms with Crippen molar-refractivity contribution in [2.75, 3.05) is 0 Å². The summed E-state index contributed by atoms with van der Waals surface area (Å²) in [6, 6.07) is 0. The molecule has 0 aliphatic rings. The molecule has 0 spiro atoms. The zero-order valence-electron chi connectivity index (χ0n) is 9.48. The minimum absolute atomic E-state index is 0.0569. The van der Waals surface area contributed by atoms with Gasteiger partial charge in [0.25, 0.3) is 0 Å². The van der Waals surface area contributed by atoms with E-state index < -0.39 is 0 Å². The highest BCUT2D eigenvalue weighted by atomic mass is 35.5. The molecule has 14 heavy (non-hydrogen) atoms. The Morgan fingerprint density at radius 1 is 1.43 bits per heavy atom. The van der Waals surface area contributed by atoms with Gasteiger partial charge in [0.05, 0.1) is 11.3 Å². The van der Waals surface area contributed by atoms with E-state index in [1.165, 1.54) is 12.8 Å². The summed E-state index contributed by atoms with van der Waals surface area (Å²) in [6.45, 7) is 8.55. The maximum absolute atomic E-state index is 6.18. The first kappa shape index (κ1) is 11.6. The monoisotopic (exact) mass is 214 g/mol. The fourth-order valence-electron chi connectivity index (χ4n) is 1.62. The average molecular weight is 215 g/mol. The molecular formula is C12H19ClO. The lowest BCUT2D eigenvalue weighted by Gasteiger charge is -2.22. The first-order valence-corrected chi connectivity index (χ1v) is 5.61. The van der Waals surface area contributed by atoms with Crippen LogP contribution in [0, 0.1) is 6.92 Å². The fraction of sp³-hybridized carbons (Fsp3) is 0.667. The highest BCUT2D eigenvalue weighted by Gasteiger charge is 2.27. The largest absolute Gasteiger partial charge is 0.467 e. The number of hydrogen-bond acceptors (Lipinski definition) is 1. The van der Waals surface area contributed by atoms with Crippen molar-refractivity contribution in [3.63, 3.8) is 0 Å². The van der Waals surface area contributed by atoms with Gasteiger partial charge in [-0.1, -0.05) is 45.2 Å². The van der Waals surface area contributed by atoms with Crippen LogP contribution in [0.3, 0.4) is 0 Å². The van der Waals surface area contributed by atoms with Crippen molar-refractivity contribution in [2.45, 2.75) is 52.4 Å². The number of aryl methyl sites for hydroxylation is 1. The molecular weight excluding hydrogens is 196 g/mol. The molecule has 0 unspecified atom stereocenters. The van der Waals surface area contributed by atoms with Crippen LogP contribution in [0.25, 0.3) is 0 Å². The summed E-state index contributed by atoms with van der Waals surface area (Å²) in [5.41, 5.74) is 1.09. The topological polar surface area (TPSA) is 13.1 Å². The summed E-state index contributed by atoms with van der Waals surface area (Å²) in [7, 11) is 0. The average Bonchev–Trinajstić information content (AvgIpc) is 2.45. The fourth-order valence-corrected chi connectivity index (χ4v) is 1.96. The number of furan rings is 1. The number of hydrogen-bond donors (Lipinski definition) is 0. The van der Waals surface area contributed by atoms with E-state index in [-0.39, 0.29) is 5.41 Å². The molecule has 0 aliphatic carbocycles. The summed E-state index contributed by atoms with van der Waals surface area (Å²) < 4.78 is 5.52. The molecule has 1 aromatic rings. The summed E-state index contributed by atoms with van der Waals surface area (Å²) in [5.74, 6) is 0.935. The Labute approximate surface area is 91.4 Å². The second-order valence-corrected chi connectivity index (χ2v) is 4.93. The van der Waals surface area contributed by atoms with Crippen molar-refractivity contribution in [1.29, 1.82) is 0 Å². The van der Waals surface area contributed by atoms with Crippen LogP contribution >= 0.6 is 11.6 Å². The maximum atomic E-state index is 6.18. The summed E-state index contributed by atoms with van der Waals surface area (Å²) in [6.07, 6.45) is 5.28. The third-order valence-electron chi connectivity index (χ3n) is 2.67. The Balaban J connectivity index is 2.86. The maximum Gasteiger partial charge on any atom is 0.128 e. The van der Waals surface area contributed by atoms with E-state index in [0.29, 0.717) is 0 Å². The van der Waals surface area contributed by atoms with Crippen molar-refractivity contribution in [2.24, 2.45) is 0 Å². The molecule has 0 saturated carbocycles. The molecule has 0 radical (unpaired) electrons. The Kier molecular flexibility index (Phi) is 3.65. The number of unbranched alkanes of at least 4 members (excludes halogenated alkanes) is 1. The minimum Gasteiger partial charge on any atom is -0.467 e. The van der Waals surface area contributed by atoms with Gasteiger partial charge in [0, 0.05) is 11.0 Å². The molecule has 0 atom stereocenters. The SMILES string of the molecule is CCCCC(C)(C)c1occ(C)c1Cl. The molecule has 80 valence electrons. The lowest BCUT2D eigenvalue weighted by molar-refractivity contribution is 0.356. The first-order valence-electron chi connectivity index (χ1n) is 5.23. The Morgan fingerprint density at radius 2 is 2.07 bits per heavy atom. The van der Waals surface area contributed by atoms with Crippen molar-refractivity contribution >= 4 is 11.6 Å². The van der Waals surface area contributed by atoms with Gasteiger partial charge >= 0.3 is 0 Å². The predicted octanol–water partition coefficient (Wildman–Crippen LogP) is 4.71. The second-order valence-electron chi connectivity index (χ2n) is 4.55. The van der Waals surface area contributed by atoms with Gasteiger partial charge in [-0.05, 0) is 13.3 Å². The van der Waals surface area contributed by atoms with E-state index >= 15 is 0 Å². The van der Waals surface area contributed by atoms with Crippen LogP contribution in [0.1, 0.15) is 51.4 Å². The van der Waals surface area contributed by atoms with E-state index in [1.807, 2.05) is 6.92 Å². The molecule has 0 bridgehead atoms. The van der Waals surface area contributed by atoms with Crippen LogP contribution in [-0.2, 0) is 5.41 Å². The summed E-state index contributed by atoms with van der Waals surface area (Å²) in [5, 5.41) is 0.797. The summed E-state index contributed by atoms with van der Waals surface area (Å²) >= 11 is 6.18. The zero-order chi connectivity index (χ0) is 10.8. The van der Waals surface area contributed by atoms with Crippen molar-refractivity contribution in [3.05, 3.63) is 22.6 Å². The van der Waals surface area contributed by atoms with Gasteiger partial charge in [0.1, 0.15) is 5.76 Å². The van der Waals surface area contributed by atoms with Gasteiger partial charge in [-0.2, -0.15) is 0 Å². The van der Waals surface area contributed by atoms with Crippen molar-refractivity contribution < 1.29 is 4.42 Å². The van der Waals surface area contributed by atoms with Gasteiger partial charge < -0.3 is 4.42 Å². The lowest BCUT2D eigenvalue weighted by Crippen LogP contribution is -2.16. The molecule has 1 rings (SSSR count). The van der Waals surface area contributed by atoms with E-state index in [2.05, 4.69) is 20.8 Å². The Bertz CT molecular complexity index is 299. The van der Waals surface area contributed by atoms with Gasteiger partial charge in [-0.25, -0.2) is 0 Å². The van der Waals surface area contributed by atoms with Crippen LogP contribution in [-0.4, -0.2) is 0 Å². The Hall–Kier alpha value is -0.430. The third-order valence-corrected chi connectivity index (χ3v) is 3.14. The van der Waals surface area contributed by atoms with Crippen LogP contribution in [0.15, 0.2) is 10.7 Å². The molecule has 0 amide bonds. The zero-order valence-corrected chi connectivity index (χ0v) is 10.2. The molecule has 1 heterocycles. The molecule has 2 heteroatoms. The third kappa shape index (κ3) is 2.33. The number of rotatable bonds is 4. The van der Waals surface area contributed by atoms with Crippen LogP contribution in [0.2, 0.25) is 5.02 Å². The molecule has 1 aromatic heterocycles. The molecule has 0 saturated heterocycles. The molecule has 1 nitrogen and oxygen atoms in total. The Morgan fingerprint density at radius 3 is 2.50 bits per heavy atom. The van der Waals surface area contributed by atoms with E-state index in [4.69, 9.17) is 16.0 Å². The van der Waals surface area contributed by atoms with Crippen LogP contribution < -0.4 is 0 Å². The highest BCUT2D eigenvalue weighted by Crippen LogP contribution is 2.36. The molecule has 0 fully saturated rings. The lowest BCUT2D eigenvalue weighted by atomic mass is 9.84. The van der Waals surface area contributed by atoms with Crippen molar-refractivity contribution in [1.82, 2.24) is 0 Å². The van der Waals surface area contributed by atoms with Gasteiger partial charge in [0.15, 0.2) is 0 Å². The van der Waals surface area contributed by atoms with Gasteiger partial charge in [-0.3, -0.25) is 0 Å². The summed E-state index contributed by atoms with van der Waals surface area (Å²) in [4.78, 5) is 0. The standard InChI is InChI=1S/C12H19ClO/c1-5-6-7-12(3,4)11-10(13)9(2)8-14-11/h8H,5-7H2,1-4H3. The van der Waals surface area contributed by atoms with E-state index in [9.17, 15) is 0 Å². The smallest absolute Gasteiger partial charge is 0.128 e. The first-order chi connectivity index (χ1) is 6.49. The van der Waals surface area contributed by atoms with Gasteiger partial charge in [0.2, 0.25) is 0 Å². The van der Waals surface area contributed by atoms with E-state index in [0.717, 1.165) is 22.8 Å². The predicted molar refractivity (Wildman–Crippen MR) is 61.0 cm³/mol. The second kappa shape index (κ2) is 4.39. The highest BCUT2D eigenvalue weighted by molar-refractivity contribution is 6.32. The normalized spacial score (nSPS) is 12.1. The van der Waals surface area contributed by atoms with Crippen LogP contribution in [0.4, 0.5) is 0 Å². The van der Waals surface area contributed by atoms with Crippen LogP contribution in [0.5, 0.6) is 0 Å². The van der Waals surface area contributed by atoms with E-state index in [1.54, 1.807) is 6.26 Å². The molecule has 0 N–H and O–H groups in total. The van der Waals surface area contributed by atoms with Gasteiger partial charge in [-0.15, -0.1) is 0 Å². The quantitative estimate of drug-likeness (QED) is 0.708. The molecule has 0 aliphatic heterocycles. The number of halogens is 1.